The van der Waals surface area contributed by atoms with Gasteiger partial charge in [0.1, 0.15) is 5.82 Å². The van der Waals surface area contributed by atoms with Gasteiger partial charge in [-0.2, -0.15) is 0 Å². The molecule has 7 heteroatoms. The number of rotatable bonds is 4. The summed E-state index contributed by atoms with van der Waals surface area (Å²) in [5.41, 5.74) is 5.90. The Morgan fingerprint density at radius 3 is 3.10 bits per heavy atom. The van der Waals surface area contributed by atoms with Crippen LogP contribution in [-0.4, -0.2) is 54.4 Å². The van der Waals surface area contributed by atoms with Crippen LogP contribution in [0.25, 0.3) is 0 Å². The molecule has 116 valence electrons. The van der Waals surface area contributed by atoms with Gasteiger partial charge in [-0.3, -0.25) is 9.69 Å². The van der Waals surface area contributed by atoms with Gasteiger partial charge in [0.25, 0.3) is 0 Å². The van der Waals surface area contributed by atoms with E-state index >= 15 is 0 Å². The molecule has 1 aromatic carbocycles. The number of benzene rings is 1. The first-order chi connectivity index (χ1) is 10.0. The van der Waals surface area contributed by atoms with E-state index in [1.165, 1.54) is 18.2 Å². The summed E-state index contributed by atoms with van der Waals surface area (Å²) < 4.78 is 18.4. The number of anilines is 2. The van der Waals surface area contributed by atoms with Gasteiger partial charge in [-0.05, 0) is 25.1 Å². The standard InChI is InChI=1S/C14H20FN3O3/c1-9(18-4-5-21-8-11(18)7-19)14(20)17-10-2-3-12(15)13(16)6-10/h2-3,6,9,11,19H,4-5,7-8,16H2,1H3,(H,17,20). The monoisotopic (exact) mass is 297 g/mol. The second-order valence-corrected chi connectivity index (χ2v) is 5.05. The molecule has 0 spiro atoms. The second-order valence-electron chi connectivity index (χ2n) is 5.05. The molecule has 0 saturated carbocycles. The summed E-state index contributed by atoms with van der Waals surface area (Å²) >= 11 is 0. The predicted molar refractivity (Wildman–Crippen MR) is 77.3 cm³/mol. The van der Waals surface area contributed by atoms with Crippen molar-refractivity contribution in [2.75, 3.05) is 37.4 Å². The summed E-state index contributed by atoms with van der Waals surface area (Å²) in [6, 6.07) is 3.41. The van der Waals surface area contributed by atoms with E-state index in [2.05, 4.69) is 5.32 Å². The topological polar surface area (TPSA) is 87.8 Å². The number of nitrogens with one attached hydrogen (secondary N) is 1. The van der Waals surface area contributed by atoms with Crippen molar-refractivity contribution in [3.63, 3.8) is 0 Å². The van der Waals surface area contributed by atoms with Crippen LogP contribution in [0.2, 0.25) is 0 Å². The van der Waals surface area contributed by atoms with Gasteiger partial charge >= 0.3 is 0 Å². The minimum absolute atomic E-state index is 0.0138. The summed E-state index contributed by atoms with van der Waals surface area (Å²) in [6.45, 7) is 3.19. The van der Waals surface area contributed by atoms with Crippen LogP contribution in [-0.2, 0) is 9.53 Å². The van der Waals surface area contributed by atoms with E-state index < -0.39 is 11.9 Å². The Labute approximate surface area is 122 Å². The zero-order chi connectivity index (χ0) is 15.4. The lowest BCUT2D eigenvalue weighted by molar-refractivity contribution is -0.125. The van der Waals surface area contributed by atoms with E-state index in [9.17, 15) is 14.3 Å². The van der Waals surface area contributed by atoms with Crippen LogP contribution in [0.4, 0.5) is 15.8 Å². The number of hydrogen-bond donors (Lipinski definition) is 3. The van der Waals surface area contributed by atoms with E-state index in [-0.39, 0.29) is 24.2 Å². The first-order valence-corrected chi connectivity index (χ1v) is 6.83. The number of morpholine rings is 1. The molecule has 1 heterocycles. The maximum absolute atomic E-state index is 13.1. The Balaban J connectivity index is 2.02. The highest BCUT2D eigenvalue weighted by molar-refractivity contribution is 5.94. The second kappa shape index (κ2) is 6.84. The van der Waals surface area contributed by atoms with Gasteiger partial charge in [0.15, 0.2) is 0 Å². The van der Waals surface area contributed by atoms with Gasteiger partial charge in [-0.15, -0.1) is 0 Å². The number of carbonyl (C=O) groups excluding carboxylic acids is 1. The van der Waals surface area contributed by atoms with Gasteiger partial charge in [0.05, 0.1) is 37.6 Å². The van der Waals surface area contributed by atoms with Crippen molar-refractivity contribution in [1.29, 1.82) is 0 Å². The number of nitrogens with zero attached hydrogens (tertiary/aromatic N) is 1. The molecule has 0 aliphatic carbocycles. The summed E-state index contributed by atoms with van der Waals surface area (Å²) in [6.07, 6.45) is 0. The lowest BCUT2D eigenvalue weighted by Gasteiger charge is -2.37. The van der Waals surface area contributed by atoms with Crippen LogP contribution < -0.4 is 11.1 Å². The molecule has 2 rings (SSSR count). The van der Waals surface area contributed by atoms with Crippen molar-refractivity contribution in [3.8, 4) is 0 Å². The molecule has 0 aromatic heterocycles. The molecule has 0 radical (unpaired) electrons. The fourth-order valence-electron chi connectivity index (χ4n) is 2.35. The zero-order valence-corrected chi connectivity index (χ0v) is 11.9. The Bertz CT molecular complexity index is 512. The molecule has 1 aliphatic heterocycles. The van der Waals surface area contributed by atoms with Crippen molar-refractivity contribution >= 4 is 17.3 Å². The summed E-state index contributed by atoms with van der Waals surface area (Å²) in [5, 5.41) is 12.0. The molecule has 6 nitrogen and oxygen atoms in total. The minimum Gasteiger partial charge on any atom is -0.396 e. The molecule has 21 heavy (non-hydrogen) atoms. The molecule has 1 fully saturated rings. The largest absolute Gasteiger partial charge is 0.396 e. The predicted octanol–water partition coefficient (Wildman–Crippen LogP) is 0.428. The normalized spacial score (nSPS) is 21.0. The van der Waals surface area contributed by atoms with Crippen LogP contribution in [0.15, 0.2) is 18.2 Å². The molecular weight excluding hydrogens is 277 g/mol. The minimum atomic E-state index is -0.519. The molecule has 1 amide bonds. The zero-order valence-electron chi connectivity index (χ0n) is 11.9. The highest BCUT2D eigenvalue weighted by Crippen LogP contribution is 2.18. The Morgan fingerprint density at radius 1 is 1.67 bits per heavy atom. The van der Waals surface area contributed by atoms with E-state index in [0.29, 0.717) is 25.4 Å². The first-order valence-electron chi connectivity index (χ1n) is 6.83. The van der Waals surface area contributed by atoms with Crippen LogP contribution >= 0.6 is 0 Å². The number of carbonyl (C=O) groups is 1. The first kappa shape index (κ1) is 15.7. The molecule has 1 saturated heterocycles. The molecule has 2 atom stereocenters. The summed E-state index contributed by atoms with van der Waals surface area (Å²) in [4.78, 5) is 14.2. The van der Waals surface area contributed by atoms with Crippen molar-refractivity contribution in [2.45, 2.75) is 19.0 Å². The van der Waals surface area contributed by atoms with Crippen molar-refractivity contribution in [1.82, 2.24) is 4.90 Å². The lowest BCUT2D eigenvalue weighted by atomic mass is 10.1. The SMILES string of the molecule is CC(C(=O)Nc1ccc(F)c(N)c1)N1CCOCC1CO. The number of aliphatic hydroxyl groups is 1. The number of nitrogen functional groups attached to an aromatic ring is 1. The van der Waals surface area contributed by atoms with Crippen molar-refractivity contribution in [3.05, 3.63) is 24.0 Å². The third-order valence-electron chi connectivity index (χ3n) is 3.62. The number of ether oxygens (including phenoxy) is 1. The Hall–Kier alpha value is -1.70. The third-order valence-corrected chi connectivity index (χ3v) is 3.62. The number of nitrogens with two attached hydrogens (primary N) is 1. The molecule has 2 unspecified atom stereocenters. The average Bonchev–Trinajstić information content (AvgIpc) is 2.50. The fourth-order valence-corrected chi connectivity index (χ4v) is 2.35. The van der Waals surface area contributed by atoms with Gasteiger partial charge in [-0.25, -0.2) is 4.39 Å². The third kappa shape index (κ3) is 3.69. The Morgan fingerprint density at radius 2 is 2.43 bits per heavy atom. The van der Waals surface area contributed by atoms with Gasteiger partial charge < -0.3 is 20.9 Å². The van der Waals surface area contributed by atoms with Crippen LogP contribution in [0.5, 0.6) is 0 Å². The molecule has 0 bridgehead atoms. The Kier molecular flexibility index (Phi) is 5.11. The summed E-state index contributed by atoms with van der Waals surface area (Å²) in [7, 11) is 0. The lowest BCUT2D eigenvalue weighted by Crippen LogP contribution is -2.54. The van der Waals surface area contributed by atoms with Gasteiger partial charge in [0.2, 0.25) is 5.91 Å². The highest BCUT2D eigenvalue weighted by atomic mass is 19.1. The molecule has 1 aliphatic rings. The van der Waals surface area contributed by atoms with E-state index in [4.69, 9.17) is 10.5 Å². The number of halogens is 1. The van der Waals surface area contributed by atoms with E-state index in [0.717, 1.165) is 0 Å². The summed E-state index contributed by atoms with van der Waals surface area (Å²) in [5.74, 6) is -0.754. The maximum Gasteiger partial charge on any atom is 0.241 e. The van der Waals surface area contributed by atoms with Crippen LogP contribution in [0.3, 0.4) is 0 Å². The molecule has 4 N–H and O–H groups in total. The number of hydrogen-bond acceptors (Lipinski definition) is 5. The highest BCUT2D eigenvalue weighted by Gasteiger charge is 2.30. The molecule has 1 aromatic rings. The van der Waals surface area contributed by atoms with Gasteiger partial charge in [0, 0.05) is 12.2 Å². The smallest absolute Gasteiger partial charge is 0.241 e. The quantitative estimate of drug-likeness (QED) is 0.701. The van der Waals surface area contributed by atoms with Gasteiger partial charge in [-0.1, -0.05) is 0 Å². The average molecular weight is 297 g/mol. The number of amides is 1. The van der Waals surface area contributed by atoms with Crippen molar-refractivity contribution < 1.29 is 19.0 Å². The molecular formula is C14H20FN3O3. The van der Waals surface area contributed by atoms with E-state index in [1.54, 1.807) is 6.92 Å². The van der Waals surface area contributed by atoms with E-state index in [1.807, 2.05) is 4.90 Å². The van der Waals surface area contributed by atoms with Crippen LogP contribution in [0, 0.1) is 5.82 Å². The maximum atomic E-state index is 13.1. The van der Waals surface area contributed by atoms with Crippen molar-refractivity contribution in [2.24, 2.45) is 0 Å². The number of aliphatic hydroxyl groups excluding tert-OH is 1. The van der Waals surface area contributed by atoms with Crippen LogP contribution in [0.1, 0.15) is 6.92 Å². The fraction of sp³-hybridized carbons (Fsp3) is 0.500.